The zero-order chi connectivity index (χ0) is 27.1. The molecule has 3 fully saturated rings. The molecule has 0 unspecified atom stereocenters. The lowest BCUT2D eigenvalue weighted by molar-refractivity contribution is 0.0360. The zero-order valence-electron chi connectivity index (χ0n) is 23.5. The number of piperazine rings is 2. The molecule has 6 rings (SSSR count). The maximum atomic E-state index is 5.48. The van der Waals surface area contributed by atoms with Crippen LogP contribution in [0.5, 0.6) is 0 Å². The number of rotatable bonds is 9. The molecule has 0 atom stereocenters. The number of anilines is 4. The van der Waals surface area contributed by atoms with Gasteiger partial charge in [0.15, 0.2) is 5.13 Å². The summed E-state index contributed by atoms with van der Waals surface area (Å²) >= 11 is 1.64. The van der Waals surface area contributed by atoms with Crippen molar-refractivity contribution in [3.63, 3.8) is 0 Å². The van der Waals surface area contributed by atoms with Crippen LogP contribution in [0.25, 0.3) is 10.4 Å². The first-order valence-corrected chi connectivity index (χ1v) is 15.4. The van der Waals surface area contributed by atoms with Crippen LogP contribution in [0, 0.1) is 0 Å². The zero-order valence-corrected chi connectivity index (χ0v) is 24.4. The monoisotopic (exact) mass is 563 g/mol. The second-order valence-electron chi connectivity index (χ2n) is 10.9. The summed E-state index contributed by atoms with van der Waals surface area (Å²) in [7, 11) is 2.20. The van der Waals surface area contributed by atoms with E-state index in [0.717, 1.165) is 112 Å². The van der Waals surface area contributed by atoms with E-state index in [-0.39, 0.29) is 0 Å². The fourth-order valence-corrected chi connectivity index (χ4v) is 6.44. The predicted molar refractivity (Wildman–Crippen MR) is 163 cm³/mol. The van der Waals surface area contributed by atoms with Gasteiger partial charge in [-0.1, -0.05) is 11.3 Å². The van der Waals surface area contributed by atoms with Crippen molar-refractivity contribution < 1.29 is 4.74 Å². The van der Waals surface area contributed by atoms with E-state index in [2.05, 4.69) is 59.0 Å². The summed E-state index contributed by atoms with van der Waals surface area (Å²) < 4.78 is 5.48. The predicted octanol–water partition coefficient (Wildman–Crippen LogP) is 2.94. The molecule has 3 aromatic heterocycles. The van der Waals surface area contributed by atoms with Crippen molar-refractivity contribution in [1.82, 2.24) is 29.7 Å². The Kier molecular flexibility index (Phi) is 9.04. The standard InChI is InChI=1S/C29H41N9OS/c1-34-9-13-37(14-10-34)25-21-27(33-29-31-23-26(40-29)24-3-5-30-6-4-24)32-28(22-25)38-15-11-35(12-16-38)7-2-8-36-17-19-39-20-18-36/h3-6,21-23H,2,7-20H2,1H3,(H,31,32,33). The van der Waals surface area contributed by atoms with E-state index in [0.29, 0.717) is 0 Å². The highest BCUT2D eigenvalue weighted by Gasteiger charge is 2.22. The Bertz CT molecular complexity index is 1200. The smallest absolute Gasteiger partial charge is 0.188 e. The third kappa shape index (κ3) is 7.08. The van der Waals surface area contributed by atoms with Gasteiger partial charge in [0.1, 0.15) is 11.6 Å². The Morgan fingerprint density at radius 3 is 2.30 bits per heavy atom. The first-order chi connectivity index (χ1) is 19.7. The third-order valence-corrected chi connectivity index (χ3v) is 9.08. The summed E-state index contributed by atoms with van der Waals surface area (Å²) in [6.45, 7) is 14.6. The van der Waals surface area contributed by atoms with Crippen molar-refractivity contribution in [3.05, 3.63) is 42.9 Å². The van der Waals surface area contributed by atoms with Gasteiger partial charge in [0.25, 0.3) is 0 Å². The normalized spacial score (nSPS) is 19.7. The molecule has 0 aromatic carbocycles. The number of thiazole rings is 1. The molecule has 214 valence electrons. The van der Waals surface area contributed by atoms with Crippen molar-refractivity contribution in [2.75, 3.05) is 114 Å². The second kappa shape index (κ2) is 13.2. The molecule has 0 amide bonds. The molecule has 0 saturated carbocycles. The van der Waals surface area contributed by atoms with Crippen molar-refractivity contribution in [3.8, 4) is 10.4 Å². The van der Waals surface area contributed by atoms with E-state index in [4.69, 9.17) is 9.72 Å². The average Bonchev–Trinajstić information content (AvgIpc) is 3.47. The summed E-state index contributed by atoms with van der Waals surface area (Å²) in [5, 5.41) is 4.38. The van der Waals surface area contributed by atoms with E-state index in [1.54, 1.807) is 11.3 Å². The Labute approximate surface area is 241 Å². The van der Waals surface area contributed by atoms with Crippen LogP contribution in [-0.4, -0.2) is 128 Å². The van der Waals surface area contributed by atoms with E-state index < -0.39 is 0 Å². The van der Waals surface area contributed by atoms with Crippen LogP contribution in [0.4, 0.5) is 22.5 Å². The Morgan fingerprint density at radius 1 is 0.850 bits per heavy atom. The largest absolute Gasteiger partial charge is 0.379 e. The lowest BCUT2D eigenvalue weighted by Crippen LogP contribution is -2.48. The number of ether oxygens (including phenoxy) is 1. The first-order valence-electron chi connectivity index (χ1n) is 14.6. The van der Waals surface area contributed by atoms with Gasteiger partial charge in [-0.25, -0.2) is 9.97 Å². The van der Waals surface area contributed by atoms with E-state index in [9.17, 15) is 0 Å². The minimum absolute atomic E-state index is 0.853. The highest BCUT2D eigenvalue weighted by atomic mass is 32.1. The highest BCUT2D eigenvalue weighted by Crippen LogP contribution is 2.32. The van der Waals surface area contributed by atoms with Gasteiger partial charge in [0.2, 0.25) is 0 Å². The van der Waals surface area contributed by atoms with Crippen molar-refractivity contribution in [1.29, 1.82) is 0 Å². The first kappa shape index (κ1) is 27.3. The molecule has 6 heterocycles. The van der Waals surface area contributed by atoms with Gasteiger partial charge in [0.05, 0.1) is 18.1 Å². The molecule has 1 N–H and O–H groups in total. The van der Waals surface area contributed by atoms with Crippen LogP contribution in [0.2, 0.25) is 0 Å². The number of nitrogens with one attached hydrogen (secondary N) is 1. The number of hydrogen-bond acceptors (Lipinski definition) is 11. The molecule has 0 spiro atoms. The molecular weight excluding hydrogens is 522 g/mol. The van der Waals surface area contributed by atoms with Crippen molar-refractivity contribution >= 4 is 33.8 Å². The van der Waals surface area contributed by atoms with Gasteiger partial charge in [-0.05, 0) is 44.3 Å². The van der Waals surface area contributed by atoms with E-state index in [1.165, 1.54) is 18.7 Å². The lowest BCUT2D eigenvalue weighted by atomic mass is 10.2. The number of likely N-dealkylation sites (N-methyl/N-ethyl adjacent to an activating group) is 1. The SMILES string of the molecule is CN1CCN(c2cc(Nc3ncc(-c4ccncc4)s3)nc(N3CCN(CCCN4CCOCC4)CC3)c2)CC1. The summed E-state index contributed by atoms with van der Waals surface area (Å²) in [4.78, 5) is 27.5. The number of aromatic nitrogens is 3. The topological polar surface area (TPSA) is 76.1 Å². The van der Waals surface area contributed by atoms with Crippen LogP contribution in [0.1, 0.15) is 6.42 Å². The maximum absolute atomic E-state index is 5.48. The van der Waals surface area contributed by atoms with Crippen LogP contribution >= 0.6 is 11.3 Å². The number of morpholine rings is 1. The Morgan fingerprint density at radius 2 is 1.55 bits per heavy atom. The quantitative estimate of drug-likeness (QED) is 0.420. The van der Waals surface area contributed by atoms with Crippen LogP contribution in [0.3, 0.4) is 0 Å². The molecule has 3 aliphatic rings. The van der Waals surface area contributed by atoms with Gasteiger partial charge in [-0.15, -0.1) is 0 Å². The fourth-order valence-electron chi connectivity index (χ4n) is 5.61. The van der Waals surface area contributed by atoms with Gasteiger partial charge in [-0.2, -0.15) is 0 Å². The molecule has 3 aromatic rings. The van der Waals surface area contributed by atoms with Gasteiger partial charge in [-0.3, -0.25) is 14.8 Å². The minimum Gasteiger partial charge on any atom is -0.379 e. The summed E-state index contributed by atoms with van der Waals surface area (Å²) in [6, 6.07) is 8.51. The van der Waals surface area contributed by atoms with Gasteiger partial charge < -0.3 is 24.8 Å². The molecule has 3 aliphatic heterocycles. The molecular formula is C29H41N9OS. The molecule has 40 heavy (non-hydrogen) atoms. The van der Waals surface area contributed by atoms with E-state index >= 15 is 0 Å². The summed E-state index contributed by atoms with van der Waals surface area (Å²) in [6.07, 6.45) is 6.78. The summed E-state index contributed by atoms with van der Waals surface area (Å²) in [5.74, 6) is 1.91. The average molecular weight is 564 g/mol. The van der Waals surface area contributed by atoms with Gasteiger partial charge >= 0.3 is 0 Å². The summed E-state index contributed by atoms with van der Waals surface area (Å²) in [5.41, 5.74) is 2.36. The molecule has 11 heteroatoms. The molecule has 0 radical (unpaired) electrons. The Balaban J connectivity index is 1.12. The number of hydrogen-bond donors (Lipinski definition) is 1. The Hall–Kier alpha value is -2.83. The minimum atomic E-state index is 0.853. The van der Waals surface area contributed by atoms with Crippen LogP contribution in [-0.2, 0) is 4.74 Å². The van der Waals surface area contributed by atoms with E-state index in [1.807, 2.05) is 30.7 Å². The molecule has 3 saturated heterocycles. The lowest BCUT2D eigenvalue weighted by Gasteiger charge is -2.37. The molecule has 0 aliphatic carbocycles. The molecule has 10 nitrogen and oxygen atoms in total. The maximum Gasteiger partial charge on any atom is 0.188 e. The van der Waals surface area contributed by atoms with Crippen LogP contribution in [0.15, 0.2) is 42.9 Å². The fraction of sp³-hybridized carbons (Fsp3) is 0.552. The van der Waals surface area contributed by atoms with Gasteiger partial charge in [0, 0.05) is 102 Å². The molecule has 0 bridgehead atoms. The second-order valence-corrected chi connectivity index (χ2v) is 11.9. The number of pyridine rings is 2. The van der Waals surface area contributed by atoms with Crippen LogP contribution < -0.4 is 15.1 Å². The number of nitrogens with zero attached hydrogens (tertiary/aromatic N) is 8. The third-order valence-electron chi connectivity index (χ3n) is 8.12. The van der Waals surface area contributed by atoms with Crippen molar-refractivity contribution in [2.45, 2.75) is 6.42 Å². The van der Waals surface area contributed by atoms with Crippen molar-refractivity contribution in [2.24, 2.45) is 0 Å². The highest BCUT2D eigenvalue weighted by molar-refractivity contribution is 7.18.